The number of hydrogen-bond acceptors (Lipinski definition) is 2. The first-order valence-electron chi connectivity index (χ1n) is 6.41. The highest BCUT2D eigenvalue weighted by Crippen LogP contribution is 2.35. The van der Waals surface area contributed by atoms with Gasteiger partial charge in [0, 0.05) is 13.2 Å². The van der Waals surface area contributed by atoms with E-state index < -0.39 is 12.2 Å². The lowest BCUT2D eigenvalue weighted by atomic mass is 10.0. The van der Waals surface area contributed by atoms with Crippen molar-refractivity contribution < 1.29 is 17.9 Å². The van der Waals surface area contributed by atoms with E-state index in [0.717, 1.165) is 12.8 Å². The van der Waals surface area contributed by atoms with Crippen molar-refractivity contribution in [1.29, 1.82) is 0 Å². The van der Waals surface area contributed by atoms with E-state index in [1.165, 1.54) is 12.1 Å². The summed E-state index contributed by atoms with van der Waals surface area (Å²) in [7, 11) is 1.60. The van der Waals surface area contributed by atoms with E-state index in [1.807, 2.05) is 0 Å². The number of rotatable bonds is 4. The third-order valence-electron chi connectivity index (χ3n) is 3.58. The van der Waals surface area contributed by atoms with Gasteiger partial charge in [0.05, 0.1) is 6.10 Å². The van der Waals surface area contributed by atoms with Crippen molar-refractivity contribution in [2.24, 2.45) is 0 Å². The maximum Gasteiger partial charge on any atom is 0.407 e. The van der Waals surface area contributed by atoms with Gasteiger partial charge in [-0.2, -0.15) is 13.2 Å². The molecule has 0 radical (unpaired) electrons. The molecular formula is C14H18F3NO. The molecule has 2 nitrogen and oxygen atoms in total. The number of alkyl halides is 3. The standard InChI is InChI=1S/C14H18F3NO/c1-19-12-8-7-11(9-12)18-13(14(15,16)17)10-5-3-2-4-6-10/h2-6,11-13,18H,7-9H2,1H3. The predicted molar refractivity (Wildman–Crippen MR) is 66.8 cm³/mol. The molecule has 1 N–H and O–H groups in total. The third kappa shape index (κ3) is 3.70. The van der Waals surface area contributed by atoms with E-state index >= 15 is 0 Å². The van der Waals surface area contributed by atoms with Crippen LogP contribution in [0.5, 0.6) is 0 Å². The Bertz CT molecular complexity index is 393. The van der Waals surface area contributed by atoms with Crippen molar-refractivity contribution in [1.82, 2.24) is 5.32 Å². The van der Waals surface area contributed by atoms with Gasteiger partial charge in [0.15, 0.2) is 0 Å². The highest BCUT2D eigenvalue weighted by molar-refractivity contribution is 5.20. The second-order valence-electron chi connectivity index (χ2n) is 4.92. The molecule has 3 atom stereocenters. The Morgan fingerprint density at radius 1 is 1.21 bits per heavy atom. The molecule has 5 heteroatoms. The summed E-state index contributed by atoms with van der Waals surface area (Å²) in [5, 5.41) is 2.73. The molecule has 106 valence electrons. The summed E-state index contributed by atoms with van der Waals surface area (Å²) in [6.07, 6.45) is -2.05. The molecule has 0 aromatic heterocycles. The molecule has 2 rings (SSSR count). The molecule has 1 aromatic carbocycles. The summed E-state index contributed by atoms with van der Waals surface area (Å²) in [5.74, 6) is 0. The van der Waals surface area contributed by atoms with Crippen LogP contribution >= 0.6 is 0 Å². The number of halogens is 3. The second kappa shape index (κ2) is 5.92. The van der Waals surface area contributed by atoms with Crippen LogP contribution in [-0.4, -0.2) is 25.4 Å². The van der Waals surface area contributed by atoms with Crippen LogP contribution in [0.1, 0.15) is 30.9 Å². The second-order valence-corrected chi connectivity index (χ2v) is 4.92. The van der Waals surface area contributed by atoms with Gasteiger partial charge in [0.25, 0.3) is 0 Å². The molecule has 0 amide bonds. The lowest BCUT2D eigenvalue weighted by Gasteiger charge is -2.25. The van der Waals surface area contributed by atoms with Gasteiger partial charge in [-0.05, 0) is 24.8 Å². The fourth-order valence-electron chi connectivity index (χ4n) is 2.57. The summed E-state index contributed by atoms with van der Waals surface area (Å²) in [5.41, 5.74) is 0.260. The van der Waals surface area contributed by atoms with E-state index in [-0.39, 0.29) is 17.7 Å². The zero-order chi connectivity index (χ0) is 13.9. The summed E-state index contributed by atoms with van der Waals surface area (Å²) in [4.78, 5) is 0. The van der Waals surface area contributed by atoms with E-state index in [1.54, 1.807) is 25.3 Å². The Hall–Kier alpha value is -1.07. The molecule has 1 aliphatic rings. The average molecular weight is 273 g/mol. The van der Waals surface area contributed by atoms with Crippen LogP contribution in [0, 0.1) is 0 Å². The highest BCUT2D eigenvalue weighted by atomic mass is 19.4. The Balaban J connectivity index is 2.08. The van der Waals surface area contributed by atoms with Crippen molar-refractivity contribution in [2.45, 2.75) is 43.6 Å². The lowest BCUT2D eigenvalue weighted by molar-refractivity contribution is -0.159. The van der Waals surface area contributed by atoms with Crippen LogP contribution in [-0.2, 0) is 4.74 Å². The number of methoxy groups -OCH3 is 1. The fourth-order valence-corrected chi connectivity index (χ4v) is 2.57. The quantitative estimate of drug-likeness (QED) is 0.907. The Morgan fingerprint density at radius 3 is 2.42 bits per heavy atom. The Kier molecular flexibility index (Phi) is 4.47. The summed E-state index contributed by atoms with van der Waals surface area (Å²) < 4.78 is 44.6. The van der Waals surface area contributed by atoms with Gasteiger partial charge in [0.1, 0.15) is 6.04 Å². The number of ether oxygens (including phenoxy) is 1. The largest absolute Gasteiger partial charge is 0.407 e. The van der Waals surface area contributed by atoms with Crippen LogP contribution in [0.15, 0.2) is 30.3 Å². The molecule has 0 heterocycles. The van der Waals surface area contributed by atoms with Gasteiger partial charge >= 0.3 is 6.18 Å². The van der Waals surface area contributed by atoms with Crippen molar-refractivity contribution in [3.05, 3.63) is 35.9 Å². The van der Waals surface area contributed by atoms with E-state index in [4.69, 9.17) is 4.74 Å². The smallest absolute Gasteiger partial charge is 0.381 e. The molecule has 1 saturated carbocycles. The van der Waals surface area contributed by atoms with E-state index in [2.05, 4.69) is 5.32 Å². The summed E-state index contributed by atoms with van der Waals surface area (Å²) in [6.45, 7) is 0. The third-order valence-corrected chi connectivity index (χ3v) is 3.58. The van der Waals surface area contributed by atoms with Crippen molar-refractivity contribution in [3.63, 3.8) is 0 Å². The van der Waals surface area contributed by atoms with Gasteiger partial charge < -0.3 is 4.74 Å². The van der Waals surface area contributed by atoms with Crippen molar-refractivity contribution >= 4 is 0 Å². The minimum atomic E-state index is -4.29. The van der Waals surface area contributed by atoms with Crippen molar-refractivity contribution in [3.8, 4) is 0 Å². The minimum absolute atomic E-state index is 0.0714. The zero-order valence-electron chi connectivity index (χ0n) is 10.8. The maximum atomic E-state index is 13.1. The monoisotopic (exact) mass is 273 g/mol. The van der Waals surface area contributed by atoms with Crippen LogP contribution in [0.25, 0.3) is 0 Å². The maximum absolute atomic E-state index is 13.1. The lowest BCUT2D eigenvalue weighted by Crippen LogP contribution is -2.39. The molecule has 0 aliphatic heterocycles. The molecule has 1 aliphatic carbocycles. The van der Waals surface area contributed by atoms with Crippen LogP contribution < -0.4 is 5.32 Å². The topological polar surface area (TPSA) is 21.3 Å². The van der Waals surface area contributed by atoms with Crippen LogP contribution in [0.4, 0.5) is 13.2 Å². The van der Waals surface area contributed by atoms with Gasteiger partial charge in [0.2, 0.25) is 0 Å². The number of nitrogens with one attached hydrogen (secondary N) is 1. The number of benzene rings is 1. The molecule has 0 bridgehead atoms. The summed E-state index contributed by atoms with van der Waals surface area (Å²) >= 11 is 0. The van der Waals surface area contributed by atoms with Crippen LogP contribution in [0.3, 0.4) is 0 Å². The van der Waals surface area contributed by atoms with Gasteiger partial charge in [-0.25, -0.2) is 0 Å². The molecule has 0 spiro atoms. The first-order valence-corrected chi connectivity index (χ1v) is 6.41. The first-order chi connectivity index (χ1) is 9.00. The highest BCUT2D eigenvalue weighted by Gasteiger charge is 2.42. The fraction of sp³-hybridized carbons (Fsp3) is 0.571. The molecule has 3 unspecified atom stereocenters. The molecule has 1 fully saturated rings. The molecule has 19 heavy (non-hydrogen) atoms. The Labute approximate surface area is 111 Å². The molecule has 0 saturated heterocycles. The normalized spacial score (nSPS) is 25.5. The van der Waals surface area contributed by atoms with Crippen LogP contribution in [0.2, 0.25) is 0 Å². The summed E-state index contributed by atoms with van der Waals surface area (Å²) in [6, 6.07) is 6.24. The zero-order valence-corrected chi connectivity index (χ0v) is 10.8. The predicted octanol–water partition coefficient (Wildman–Crippen LogP) is 3.45. The SMILES string of the molecule is COC1CCC(NC(c2ccccc2)C(F)(F)F)C1. The van der Waals surface area contributed by atoms with Gasteiger partial charge in [-0.15, -0.1) is 0 Å². The van der Waals surface area contributed by atoms with Gasteiger partial charge in [-0.3, -0.25) is 5.32 Å². The van der Waals surface area contributed by atoms with Gasteiger partial charge in [-0.1, -0.05) is 30.3 Å². The minimum Gasteiger partial charge on any atom is -0.381 e. The van der Waals surface area contributed by atoms with E-state index in [9.17, 15) is 13.2 Å². The van der Waals surface area contributed by atoms with E-state index in [0.29, 0.717) is 6.42 Å². The Morgan fingerprint density at radius 2 is 1.89 bits per heavy atom. The van der Waals surface area contributed by atoms with Crippen molar-refractivity contribution in [2.75, 3.05) is 7.11 Å². The number of hydrogen-bond donors (Lipinski definition) is 1. The molecule has 1 aromatic rings. The molecular weight excluding hydrogens is 255 g/mol. The first kappa shape index (κ1) is 14.3. The average Bonchev–Trinajstić information content (AvgIpc) is 2.83.